The lowest BCUT2D eigenvalue weighted by molar-refractivity contribution is 0.102. The van der Waals surface area contributed by atoms with Gasteiger partial charge in [0, 0.05) is 5.56 Å². The van der Waals surface area contributed by atoms with Crippen molar-refractivity contribution in [3.8, 4) is 0 Å². The first-order chi connectivity index (χ1) is 12.7. The number of carbonyl (C=O) groups is 1. The molecule has 0 amide bonds. The van der Waals surface area contributed by atoms with E-state index in [1.54, 1.807) is 0 Å². The van der Waals surface area contributed by atoms with Crippen LogP contribution < -0.4 is 0 Å². The molecule has 3 aromatic rings. The zero-order valence-corrected chi connectivity index (χ0v) is 15.8. The summed E-state index contributed by atoms with van der Waals surface area (Å²) in [6.45, 7) is 4.19. The number of rotatable bonds is 8. The van der Waals surface area contributed by atoms with E-state index in [2.05, 4.69) is 36.2 Å². The first kappa shape index (κ1) is 18.4. The Kier molecular flexibility index (Phi) is 6.23. The van der Waals surface area contributed by atoms with Crippen LogP contribution in [0, 0.1) is 0 Å². The molecule has 134 valence electrons. The van der Waals surface area contributed by atoms with E-state index in [0.717, 1.165) is 18.4 Å². The van der Waals surface area contributed by atoms with E-state index in [0.29, 0.717) is 16.7 Å². The number of nitrogens with zero attached hydrogens (tertiary/aromatic N) is 2. The fraction of sp³-hybridized carbons (Fsp3) is 0.286. The standard InChI is InChI=1S/C21H22N2O2S/c1-3-15-10-12-17(13-11-15)19(24)14-26-21-23-22-20(25-21)18(4-2)16-8-6-5-7-9-16/h5-13,18H,3-4,14H2,1-2H3. The monoisotopic (exact) mass is 366 g/mol. The van der Waals surface area contributed by atoms with Gasteiger partial charge in [-0.05, 0) is 24.0 Å². The van der Waals surface area contributed by atoms with Crippen LogP contribution in [0.1, 0.15) is 53.6 Å². The van der Waals surface area contributed by atoms with Crippen molar-refractivity contribution in [2.24, 2.45) is 0 Å². The molecule has 3 rings (SSSR count). The van der Waals surface area contributed by atoms with Gasteiger partial charge >= 0.3 is 0 Å². The van der Waals surface area contributed by atoms with Crippen LogP contribution in [0.2, 0.25) is 0 Å². The maximum absolute atomic E-state index is 12.3. The Bertz CT molecular complexity index is 844. The molecule has 1 aromatic heterocycles. The molecule has 1 atom stereocenters. The van der Waals surface area contributed by atoms with Crippen LogP contribution in [-0.4, -0.2) is 21.7 Å². The Labute approximate surface area is 158 Å². The van der Waals surface area contributed by atoms with Crippen LogP contribution in [-0.2, 0) is 6.42 Å². The predicted molar refractivity (Wildman–Crippen MR) is 104 cm³/mol. The zero-order valence-electron chi connectivity index (χ0n) is 15.0. The van der Waals surface area contributed by atoms with Crippen molar-refractivity contribution >= 4 is 17.5 Å². The van der Waals surface area contributed by atoms with E-state index in [4.69, 9.17) is 4.42 Å². The van der Waals surface area contributed by atoms with Gasteiger partial charge in [-0.1, -0.05) is 80.2 Å². The fourth-order valence-electron chi connectivity index (χ4n) is 2.79. The highest BCUT2D eigenvalue weighted by atomic mass is 32.2. The molecule has 0 aliphatic rings. The molecule has 0 radical (unpaired) electrons. The lowest BCUT2D eigenvalue weighted by atomic mass is 9.97. The molecule has 0 saturated heterocycles. The van der Waals surface area contributed by atoms with E-state index in [1.807, 2.05) is 42.5 Å². The van der Waals surface area contributed by atoms with Crippen molar-refractivity contribution < 1.29 is 9.21 Å². The van der Waals surface area contributed by atoms with Crippen LogP contribution in [0.3, 0.4) is 0 Å². The van der Waals surface area contributed by atoms with Crippen molar-refractivity contribution in [2.45, 2.75) is 37.8 Å². The first-order valence-electron chi connectivity index (χ1n) is 8.84. The molecule has 0 aliphatic carbocycles. The summed E-state index contributed by atoms with van der Waals surface area (Å²) in [4.78, 5) is 12.3. The molecular weight excluding hydrogens is 344 g/mol. The Hall–Kier alpha value is -2.40. The highest BCUT2D eigenvalue weighted by Gasteiger charge is 2.19. The van der Waals surface area contributed by atoms with Crippen molar-refractivity contribution in [3.05, 3.63) is 77.2 Å². The van der Waals surface area contributed by atoms with Gasteiger partial charge in [-0.25, -0.2) is 0 Å². The van der Waals surface area contributed by atoms with Gasteiger partial charge in [0.05, 0.1) is 11.7 Å². The Morgan fingerprint density at radius 2 is 1.77 bits per heavy atom. The molecule has 0 saturated carbocycles. The topological polar surface area (TPSA) is 56.0 Å². The maximum Gasteiger partial charge on any atom is 0.277 e. The van der Waals surface area contributed by atoms with Crippen LogP contribution >= 0.6 is 11.8 Å². The summed E-state index contributed by atoms with van der Waals surface area (Å²) < 4.78 is 5.80. The third-order valence-corrected chi connectivity index (χ3v) is 5.16. The van der Waals surface area contributed by atoms with Gasteiger partial charge in [-0.3, -0.25) is 4.79 Å². The van der Waals surface area contributed by atoms with Crippen molar-refractivity contribution in [1.29, 1.82) is 0 Å². The minimum absolute atomic E-state index is 0.0625. The second-order valence-electron chi connectivity index (χ2n) is 6.04. The Morgan fingerprint density at radius 3 is 2.42 bits per heavy atom. The lowest BCUT2D eigenvalue weighted by Gasteiger charge is -2.10. The predicted octanol–water partition coefficient (Wildman–Crippen LogP) is 5.15. The molecule has 2 aromatic carbocycles. The lowest BCUT2D eigenvalue weighted by Crippen LogP contribution is -2.02. The number of thioether (sulfide) groups is 1. The third-order valence-electron chi connectivity index (χ3n) is 4.34. The minimum Gasteiger partial charge on any atom is -0.415 e. The van der Waals surface area contributed by atoms with Crippen molar-refractivity contribution in [3.63, 3.8) is 0 Å². The molecule has 1 heterocycles. The minimum atomic E-state index is 0.0625. The number of Topliss-reactive ketones (excluding diaryl/α,β-unsaturated/α-hetero) is 1. The molecular formula is C21H22N2O2S. The Balaban J connectivity index is 1.63. The summed E-state index contributed by atoms with van der Waals surface area (Å²) in [5.74, 6) is 1.03. The normalized spacial score (nSPS) is 12.1. The maximum atomic E-state index is 12.3. The van der Waals surface area contributed by atoms with Crippen LogP contribution in [0.25, 0.3) is 0 Å². The number of aryl methyl sites for hydroxylation is 1. The van der Waals surface area contributed by atoms with Crippen molar-refractivity contribution in [2.75, 3.05) is 5.75 Å². The van der Waals surface area contributed by atoms with Gasteiger partial charge in [0.2, 0.25) is 5.89 Å². The smallest absolute Gasteiger partial charge is 0.277 e. The summed E-state index contributed by atoms with van der Waals surface area (Å²) >= 11 is 1.29. The van der Waals surface area contributed by atoms with Crippen LogP contribution in [0.15, 0.2) is 64.2 Å². The van der Waals surface area contributed by atoms with Crippen molar-refractivity contribution in [1.82, 2.24) is 10.2 Å². The molecule has 0 N–H and O–H groups in total. The fourth-order valence-corrected chi connectivity index (χ4v) is 3.46. The quantitative estimate of drug-likeness (QED) is 0.408. The summed E-state index contributed by atoms with van der Waals surface area (Å²) in [7, 11) is 0. The van der Waals surface area contributed by atoms with E-state index >= 15 is 0 Å². The molecule has 0 spiro atoms. The van der Waals surface area contributed by atoms with E-state index < -0.39 is 0 Å². The largest absolute Gasteiger partial charge is 0.415 e. The highest BCUT2D eigenvalue weighted by Crippen LogP contribution is 2.29. The number of aromatic nitrogens is 2. The van der Waals surface area contributed by atoms with E-state index in [1.165, 1.54) is 17.3 Å². The van der Waals surface area contributed by atoms with E-state index in [9.17, 15) is 4.79 Å². The third kappa shape index (κ3) is 4.41. The SMILES string of the molecule is CCc1ccc(C(=O)CSc2nnc(C(CC)c3ccccc3)o2)cc1. The molecule has 1 unspecified atom stereocenters. The van der Waals surface area contributed by atoms with Gasteiger partial charge in [-0.2, -0.15) is 0 Å². The second-order valence-corrected chi connectivity index (χ2v) is 6.97. The average molecular weight is 366 g/mol. The van der Waals surface area contributed by atoms with Gasteiger partial charge in [-0.15, -0.1) is 10.2 Å². The number of ketones is 1. The second kappa shape index (κ2) is 8.81. The molecule has 5 heteroatoms. The molecule has 0 aliphatic heterocycles. The van der Waals surface area contributed by atoms with Crippen LogP contribution in [0.5, 0.6) is 0 Å². The van der Waals surface area contributed by atoms with E-state index in [-0.39, 0.29) is 17.5 Å². The number of hydrogen-bond donors (Lipinski definition) is 0. The number of benzene rings is 2. The summed E-state index contributed by atoms with van der Waals surface area (Å²) in [6, 6.07) is 17.9. The Morgan fingerprint density at radius 1 is 1.04 bits per heavy atom. The van der Waals surface area contributed by atoms with Crippen LogP contribution in [0.4, 0.5) is 0 Å². The van der Waals surface area contributed by atoms with Gasteiger partial charge < -0.3 is 4.42 Å². The van der Waals surface area contributed by atoms with Gasteiger partial charge in [0.15, 0.2) is 5.78 Å². The molecule has 26 heavy (non-hydrogen) atoms. The molecule has 4 nitrogen and oxygen atoms in total. The van der Waals surface area contributed by atoms with Gasteiger partial charge in [0.1, 0.15) is 0 Å². The molecule has 0 fully saturated rings. The zero-order chi connectivity index (χ0) is 18.4. The summed E-state index contributed by atoms with van der Waals surface area (Å²) in [5.41, 5.74) is 3.09. The van der Waals surface area contributed by atoms with Gasteiger partial charge in [0.25, 0.3) is 5.22 Å². The summed E-state index contributed by atoms with van der Waals surface area (Å²) in [6.07, 6.45) is 1.84. The molecule has 0 bridgehead atoms. The summed E-state index contributed by atoms with van der Waals surface area (Å²) in [5, 5.41) is 8.72. The first-order valence-corrected chi connectivity index (χ1v) is 9.83. The average Bonchev–Trinajstić information content (AvgIpc) is 3.16. The number of carbonyl (C=O) groups excluding carboxylic acids is 1. The highest BCUT2D eigenvalue weighted by molar-refractivity contribution is 7.99. The number of hydrogen-bond acceptors (Lipinski definition) is 5.